The number of ether oxygens (including phenoxy) is 2. The molecule has 3 unspecified atom stereocenters. The van der Waals surface area contributed by atoms with E-state index in [1.165, 1.54) is 7.11 Å². The van der Waals surface area contributed by atoms with Gasteiger partial charge < -0.3 is 14.6 Å². The van der Waals surface area contributed by atoms with Gasteiger partial charge in [0.05, 0.1) is 32.5 Å². The van der Waals surface area contributed by atoms with Crippen LogP contribution in [0.1, 0.15) is 6.92 Å². The molecule has 5 nitrogen and oxygen atoms in total. The predicted octanol–water partition coefficient (Wildman–Crippen LogP) is -1.10. The van der Waals surface area contributed by atoms with Crippen molar-refractivity contribution >= 4 is 5.97 Å². The average molecular weight is 189 g/mol. The van der Waals surface area contributed by atoms with Crippen molar-refractivity contribution in [2.75, 3.05) is 20.3 Å². The Kier molecular flexibility index (Phi) is 3.65. The summed E-state index contributed by atoms with van der Waals surface area (Å²) in [6, 6.07) is -0.583. The second-order valence-electron chi connectivity index (χ2n) is 3.12. The molecule has 1 heterocycles. The molecular weight excluding hydrogens is 174 g/mol. The van der Waals surface area contributed by atoms with Gasteiger partial charge in [-0.1, -0.05) is 0 Å². The Labute approximate surface area is 77.0 Å². The summed E-state index contributed by atoms with van der Waals surface area (Å²) in [6.45, 7) is 2.45. The second-order valence-corrected chi connectivity index (χ2v) is 3.12. The van der Waals surface area contributed by atoms with E-state index >= 15 is 0 Å². The Morgan fingerprint density at radius 1 is 1.69 bits per heavy atom. The van der Waals surface area contributed by atoms with Crippen molar-refractivity contribution in [2.45, 2.75) is 25.1 Å². The topological polar surface area (TPSA) is 67.8 Å². The van der Waals surface area contributed by atoms with E-state index in [1.54, 1.807) is 6.92 Å². The molecule has 0 saturated carbocycles. The molecule has 1 aliphatic rings. The van der Waals surface area contributed by atoms with Crippen LogP contribution < -0.4 is 5.32 Å². The summed E-state index contributed by atoms with van der Waals surface area (Å²) in [5.74, 6) is -0.334. The van der Waals surface area contributed by atoms with E-state index in [0.717, 1.165) is 0 Å². The van der Waals surface area contributed by atoms with Crippen molar-refractivity contribution in [3.8, 4) is 0 Å². The highest BCUT2D eigenvalue weighted by atomic mass is 16.5. The van der Waals surface area contributed by atoms with E-state index in [1.807, 2.05) is 0 Å². The third-order valence-electron chi connectivity index (χ3n) is 2.07. The Morgan fingerprint density at radius 3 is 2.85 bits per heavy atom. The molecule has 5 heteroatoms. The second kappa shape index (κ2) is 4.55. The van der Waals surface area contributed by atoms with Crippen molar-refractivity contribution in [3.63, 3.8) is 0 Å². The van der Waals surface area contributed by atoms with E-state index in [-0.39, 0.29) is 12.0 Å². The lowest BCUT2D eigenvalue weighted by molar-refractivity contribution is -0.142. The molecule has 13 heavy (non-hydrogen) atoms. The summed E-state index contributed by atoms with van der Waals surface area (Å²) in [5.41, 5.74) is 0. The maximum atomic E-state index is 11.0. The minimum absolute atomic E-state index is 0.172. The molecule has 0 bridgehead atoms. The normalized spacial score (nSPS) is 30.1. The first-order chi connectivity index (χ1) is 6.15. The minimum atomic E-state index is -0.535. The van der Waals surface area contributed by atoms with Crippen LogP contribution in [0.3, 0.4) is 0 Å². The summed E-state index contributed by atoms with van der Waals surface area (Å²) < 4.78 is 9.55. The van der Waals surface area contributed by atoms with Crippen molar-refractivity contribution in [1.29, 1.82) is 0 Å². The molecule has 76 valence electrons. The molecule has 2 N–H and O–H groups in total. The zero-order valence-corrected chi connectivity index (χ0v) is 7.82. The number of esters is 1. The van der Waals surface area contributed by atoms with Crippen LogP contribution in [0.5, 0.6) is 0 Å². The summed E-state index contributed by atoms with van der Waals surface area (Å²) in [5, 5.41) is 12.3. The highest BCUT2D eigenvalue weighted by Gasteiger charge is 2.28. The van der Waals surface area contributed by atoms with Gasteiger partial charge in [0.25, 0.3) is 0 Å². The van der Waals surface area contributed by atoms with Crippen LogP contribution >= 0.6 is 0 Å². The number of aliphatic hydroxyl groups is 1. The van der Waals surface area contributed by atoms with Crippen LogP contribution in [-0.4, -0.2) is 49.6 Å². The van der Waals surface area contributed by atoms with Gasteiger partial charge in [0.15, 0.2) is 0 Å². The van der Waals surface area contributed by atoms with E-state index in [0.29, 0.717) is 13.2 Å². The fraction of sp³-hybridized carbons (Fsp3) is 0.875. The van der Waals surface area contributed by atoms with Crippen molar-refractivity contribution in [1.82, 2.24) is 5.32 Å². The average Bonchev–Trinajstić information content (AvgIpc) is 2.50. The molecule has 0 radical (unpaired) electrons. The molecule has 0 aromatic carbocycles. The Morgan fingerprint density at radius 2 is 2.38 bits per heavy atom. The van der Waals surface area contributed by atoms with Gasteiger partial charge in [-0.15, -0.1) is 0 Å². The van der Waals surface area contributed by atoms with Crippen molar-refractivity contribution < 1.29 is 19.4 Å². The smallest absolute Gasteiger partial charge is 0.322 e. The quantitative estimate of drug-likeness (QED) is 0.551. The van der Waals surface area contributed by atoms with Crippen LogP contribution in [-0.2, 0) is 14.3 Å². The first-order valence-electron chi connectivity index (χ1n) is 4.25. The molecule has 0 spiro atoms. The highest BCUT2D eigenvalue weighted by Crippen LogP contribution is 2.06. The number of carbonyl (C=O) groups is 1. The van der Waals surface area contributed by atoms with Crippen LogP contribution in [0, 0.1) is 0 Å². The number of methoxy groups -OCH3 is 1. The Balaban J connectivity index is 2.34. The third-order valence-corrected chi connectivity index (χ3v) is 2.07. The standard InChI is InChI=1S/C8H15NO4/c1-5(8(11)12-2)9-6-3-13-4-7(6)10/h5-7,9-10H,3-4H2,1-2H3. The van der Waals surface area contributed by atoms with E-state index in [9.17, 15) is 9.90 Å². The molecule has 1 rings (SSSR count). The van der Waals surface area contributed by atoms with E-state index < -0.39 is 12.1 Å². The number of hydrogen-bond donors (Lipinski definition) is 2. The first-order valence-corrected chi connectivity index (χ1v) is 4.25. The lowest BCUT2D eigenvalue weighted by Gasteiger charge is -2.18. The van der Waals surface area contributed by atoms with Gasteiger partial charge in [-0.2, -0.15) is 0 Å². The highest BCUT2D eigenvalue weighted by molar-refractivity contribution is 5.75. The Bertz CT molecular complexity index is 185. The Hall–Kier alpha value is -0.650. The van der Waals surface area contributed by atoms with Crippen LogP contribution in [0.25, 0.3) is 0 Å². The van der Waals surface area contributed by atoms with Gasteiger partial charge in [0.1, 0.15) is 6.04 Å². The maximum Gasteiger partial charge on any atom is 0.322 e. The third kappa shape index (κ3) is 2.65. The van der Waals surface area contributed by atoms with E-state index in [4.69, 9.17) is 4.74 Å². The summed E-state index contributed by atoms with van der Waals surface area (Å²) in [7, 11) is 1.34. The SMILES string of the molecule is COC(=O)C(C)NC1COCC1O. The number of carbonyl (C=O) groups excluding carboxylic acids is 1. The zero-order chi connectivity index (χ0) is 9.84. The number of rotatable bonds is 3. The molecule has 1 fully saturated rings. The monoisotopic (exact) mass is 189 g/mol. The number of aliphatic hydroxyl groups excluding tert-OH is 1. The fourth-order valence-electron chi connectivity index (χ4n) is 1.27. The van der Waals surface area contributed by atoms with Gasteiger partial charge in [0.2, 0.25) is 0 Å². The van der Waals surface area contributed by atoms with Crippen molar-refractivity contribution in [3.05, 3.63) is 0 Å². The van der Waals surface area contributed by atoms with Crippen LogP contribution in [0.2, 0.25) is 0 Å². The lowest BCUT2D eigenvalue weighted by atomic mass is 10.2. The largest absolute Gasteiger partial charge is 0.468 e. The summed E-state index contributed by atoms with van der Waals surface area (Å²) in [4.78, 5) is 11.0. The van der Waals surface area contributed by atoms with E-state index in [2.05, 4.69) is 10.1 Å². The molecule has 0 aromatic heterocycles. The van der Waals surface area contributed by atoms with Gasteiger partial charge in [-0.25, -0.2) is 0 Å². The van der Waals surface area contributed by atoms with Gasteiger partial charge >= 0.3 is 5.97 Å². The van der Waals surface area contributed by atoms with Gasteiger partial charge in [-0.05, 0) is 6.92 Å². The number of nitrogens with one attached hydrogen (secondary N) is 1. The first kappa shape index (κ1) is 10.4. The lowest BCUT2D eigenvalue weighted by Crippen LogP contribution is -2.47. The van der Waals surface area contributed by atoms with Gasteiger partial charge in [0, 0.05) is 0 Å². The maximum absolute atomic E-state index is 11.0. The molecule has 0 aliphatic carbocycles. The molecule has 0 amide bonds. The van der Waals surface area contributed by atoms with Crippen molar-refractivity contribution in [2.24, 2.45) is 0 Å². The molecule has 1 saturated heterocycles. The number of hydrogen-bond acceptors (Lipinski definition) is 5. The summed E-state index contributed by atoms with van der Waals surface area (Å²) in [6.07, 6.45) is -0.535. The zero-order valence-electron chi connectivity index (χ0n) is 7.82. The summed E-state index contributed by atoms with van der Waals surface area (Å²) >= 11 is 0. The molecular formula is C8H15NO4. The fourth-order valence-corrected chi connectivity index (χ4v) is 1.27. The predicted molar refractivity (Wildman–Crippen MR) is 45.2 cm³/mol. The molecule has 3 atom stereocenters. The molecule has 0 aromatic rings. The minimum Gasteiger partial charge on any atom is -0.468 e. The van der Waals surface area contributed by atoms with Crippen LogP contribution in [0.15, 0.2) is 0 Å². The molecule has 1 aliphatic heterocycles. The van der Waals surface area contributed by atoms with Gasteiger partial charge in [-0.3, -0.25) is 10.1 Å². The van der Waals surface area contributed by atoms with Crippen LogP contribution in [0.4, 0.5) is 0 Å².